The zero-order chi connectivity index (χ0) is 16.7. The van der Waals surface area contributed by atoms with Crippen molar-refractivity contribution in [3.05, 3.63) is 35.4 Å². The van der Waals surface area contributed by atoms with Gasteiger partial charge in [0.15, 0.2) is 0 Å². The van der Waals surface area contributed by atoms with Crippen molar-refractivity contribution in [3.63, 3.8) is 0 Å². The number of likely N-dealkylation sites (N-methyl/N-ethyl adjacent to an activating group) is 2. The summed E-state index contributed by atoms with van der Waals surface area (Å²) < 4.78 is 26.9. The molecular formula is C15H21F2N3O2. The first-order chi connectivity index (χ1) is 10.3. The van der Waals surface area contributed by atoms with Gasteiger partial charge in [-0.3, -0.25) is 9.59 Å². The number of nitrogens with zero attached hydrogens (tertiary/aromatic N) is 1. The van der Waals surface area contributed by atoms with E-state index >= 15 is 0 Å². The van der Waals surface area contributed by atoms with Gasteiger partial charge >= 0.3 is 0 Å². The largest absolute Gasteiger partial charge is 0.349 e. The highest BCUT2D eigenvalue weighted by atomic mass is 19.1. The lowest BCUT2D eigenvalue weighted by molar-refractivity contribution is -0.130. The zero-order valence-electron chi connectivity index (χ0n) is 13.0. The standard InChI is InChI=1S/C15H21F2N3O2/c1-10(21)19-14(9-15(22)20(3)7-6-18-2)12-5-4-11(16)8-13(12)17/h4-5,8,14,18H,6-7,9H2,1-3H3,(H,19,21). The second-order valence-electron chi connectivity index (χ2n) is 5.04. The summed E-state index contributed by atoms with van der Waals surface area (Å²) in [6.07, 6.45) is -0.0949. The Kier molecular flexibility index (Phi) is 6.91. The fourth-order valence-corrected chi connectivity index (χ4v) is 2.00. The first kappa shape index (κ1) is 18.0. The van der Waals surface area contributed by atoms with Crippen molar-refractivity contribution < 1.29 is 18.4 Å². The molecule has 0 heterocycles. The number of carbonyl (C=O) groups excluding carboxylic acids is 2. The summed E-state index contributed by atoms with van der Waals surface area (Å²) >= 11 is 0. The van der Waals surface area contributed by atoms with Crippen molar-refractivity contribution in [2.75, 3.05) is 27.2 Å². The molecule has 0 saturated heterocycles. The van der Waals surface area contributed by atoms with E-state index in [0.717, 1.165) is 12.1 Å². The van der Waals surface area contributed by atoms with Crippen molar-refractivity contribution in [1.29, 1.82) is 0 Å². The van der Waals surface area contributed by atoms with Gasteiger partial charge in [0, 0.05) is 38.7 Å². The van der Waals surface area contributed by atoms with E-state index in [0.29, 0.717) is 13.1 Å². The number of hydrogen-bond acceptors (Lipinski definition) is 3. The number of hydrogen-bond donors (Lipinski definition) is 2. The van der Waals surface area contributed by atoms with Crippen molar-refractivity contribution in [1.82, 2.24) is 15.5 Å². The van der Waals surface area contributed by atoms with E-state index in [-0.39, 0.29) is 23.8 Å². The molecule has 5 nitrogen and oxygen atoms in total. The fraction of sp³-hybridized carbons (Fsp3) is 0.467. The number of carbonyl (C=O) groups is 2. The maximum atomic E-state index is 13.9. The van der Waals surface area contributed by atoms with E-state index in [1.54, 1.807) is 14.1 Å². The van der Waals surface area contributed by atoms with E-state index in [2.05, 4.69) is 10.6 Å². The number of nitrogens with one attached hydrogen (secondary N) is 2. The number of halogens is 2. The molecule has 0 radical (unpaired) electrons. The van der Waals surface area contributed by atoms with Gasteiger partial charge in [0.2, 0.25) is 11.8 Å². The molecule has 0 aliphatic heterocycles. The lowest BCUT2D eigenvalue weighted by Crippen LogP contribution is -2.36. The molecular weight excluding hydrogens is 292 g/mol. The molecule has 2 amide bonds. The smallest absolute Gasteiger partial charge is 0.224 e. The Morgan fingerprint density at radius 1 is 1.32 bits per heavy atom. The first-order valence-corrected chi connectivity index (χ1v) is 6.95. The second kappa shape index (κ2) is 8.43. The average Bonchev–Trinajstić information content (AvgIpc) is 2.43. The fourth-order valence-electron chi connectivity index (χ4n) is 2.00. The van der Waals surface area contributed by atoms with Gasteiger partial charge in [0.05, 0.1) is 12.5 Å². The molecule has 0 aromatic heterocycles. The highest BCUT2D eigenvalue weighted by molar-refractivity contribution is 5.79. The van der Waals surface area contributed by atoms with E-state index in [1.165, 1.54) is 17.9 Å². The Labute approximate surface area is 128 Å². The van der Waals surface area contributed by atoms with Gasteiger partial charge in [-0.05, 0) is 13.1 Å². The predicted molar refractivity (Wildman–Crippen MR) is 79.1 cm³/mol. The summed E-state index contributed by atoms with van der Waals surface area (Å²) in [5, 5.41) is 5.45. The summed E-state index contributed by atoms with van der Waals surface area (Å²) in [7, 11) is 3.40. The third-order valence-electron chi connectivity index (χ3n) is 3.22. The number of benzene rings is 1. The SMILES string of the molecule is CNCCN(C)C(=O)CC(NC(C)=O)c1ccc(F)cc1F. The van der Waals surface area contributed by atoms with Crippen molar-refractivity contribution in [3.8, 4) is 0 Å². The van der Waals surface area contributed by atoms with Crippen LogP contribution < -0.4 is 10.6 Å². The Morgan fingerprint density at radius 3 is 2.55 bits per heavy atom. The van der Waals surface area contributed by atoms with Crippen LogP contribution in [0, 0.1) is 11.6 Å². The Bertz CT molecular complexity index is 538. The molecule has 1 aromatic rings. The normalized spacial score (nSPS) is 11.9. The van der Waals surface area contributed by atoms with E-state index in [9.17, 15) is 18.4 Å². The van der Waals surface area contributed by atoms with Gasteiger partial charge in [-0.25, -0.2) is 8.78 Å². The van der Waals surface area contributed by atoms with Gasteiger partial charge in [0.1, 0.15) is 11.6 Å². The van der Waals surface area contributed by atoms with Crippen LogP contribution in [0.4, 0.5) is 8.78 Å². The summed E-state index contributed by atoms with van der Waals surface area (Å²) in [5.41, 5.74) is 0.0898. The van der Waals surface area contributed by atoms with Gasteiger partial charge in [-0.1, -0.05) is 6.07 Å². The maximum Gasteiger partial charge on any atom is 0.224 e. The van der Waals surface area contributed by atoms with Crippen LogP contribution in [-0.4, -0.2) is 43.9 Å². The maximum absolute atomic E-state index is 13.9. The van der Waals surface area contributed by atoms with Crippen molar-refractivity contribution in [2.45, 2.75) is 19.4 Å². The Balaban J connectivity index is 2.89. The molecule has 0 aliphatic carbocycles. The van der Waals surface area contributed by atoms with Crippen LogP contribution in [0.3, 0.4) is 0 Å². The molecule has 7 heteroatoms. The minimum absolute atomic E-state index is 0.0898. The summed E-state index contributed by atoms with van der Waals surface area (Å²) in [4.78, 5) is 24.9. The summed E-state index contributed by atoms with van der Waals surface area (Å²) in [6, 6.07) is 2.25. The average molecular weight is 313 g/mol. The molecule has 0 saturated carbocycles. The van der Waals surface area contributed by atoms with Gasteiger partial charge in [-0.15, -0.1) is 0 Å². The molecule has 0 spiro atoms. The highest BCUT2D eigenvalue weighted by Crippen LogP contribution is 2.22. The molecule has 1 aromatic carbocycles. The van der Waals surface area contributed by atoms with Gasteiger partial charge in [0.25, 0.3) is 0 Å². The van der Waals surface area contributed by atoms with Gasteiger partial charge < -0.3 is 15.5 Å². The lowest BCUT2D eigenvalue weighted by atomic mass is 10.0. The van der Waals surface area contributed by atoms with Crippen LogP contribution in [0.1, 0.15) is 24.9 Å². The second-order valence-corrected chi connectivity index (χ2v) is 5.04. The minimum atomic E-state index is -0.831. The Morgan fingerprint density at radius 2 is 2.00 bits per heavy atom. The van der Waals surface area contributed by atoms with Crippen LogP contribution in [0.2, 0.25) is 0 Å². The first-order valence-electron chi connectivity index (χ1n) is 6.95. The number of rotatable bonds is 7. The highest BCUT2D eigenvalue weighted by Gasteiger charge is 2.22. The van der Waals surface area contributed by atoms with Gasteiger partial charge in [-0.2, -0.15) is 0 Å². The number of amides is 2. The van der Waals surface area contributed by atoms with Crippen molar-refractivity contribution in [2.24, 2.45) is 0 Å². The molecule has 22 heavy (non-hydrogen) atoms. The van der Waals surface area contributed by atoms with Crippen LogP contribution in [0.5, 0.6) is 0 Å². The summed E-state index contributed by atoms with van der Waals surface area (Å²) in [6.45, 7) is 2.40. The predicted octanol–water partition coefficient (Wildman–Crippen LogP) is 1.21. The third kappa shape index (κ3) is 5.40. The quantitative estimate of drug-likeness (QED) is 0.795. The van der Waals surface area contributed by atoms with Crippen molar-refractivity contribution >= 4 is 11.8 Å². The third-order valence-corrected chi connectivity index (χ3v) is 3.22. The van der Waals surface area contributed by atoms with E-state index < -0.39 is 17.7 Å². The van der Waals surface area contributed by atoms with E-state index in [4.69, 9.17) is 0 Å². The topological polar surface area (TPSA) is 61.4 Å². The Hall–Kier alpha value is -2.02. The molecule has 0 fully saturated rings. The van der Waals surface area contributed by atoms with E-state index in [1.807, 2.05) is 0 Å². The molecule has 1 rings (SSSR count). The molecule has 1 atom stereocenters. The monoisotopic (exact) mass is 313 g/mol. The minimum Gasteiger partial charge on any atom is -0.349 e. The summed E-state index contributed by atoms with van der Waals surface area (Å²) in [5.74, 6) is -2.12. The molecule has 0 aliphatic rings. The molecule has 1 unspecified atom stereocenters. The van der Waals surface area contributed by atoms with Crippen LogP contribution in [0.15, 0.2) is 18.2 Å². The lowest BCUT2D eigenvalue weighted by Gasteiger charge is -2.23. The molecule has 2 N–H and O–H groups in total. The van der Waals surface area contributed by atoms with Crippen LogP contribution >= 0.6 is 0 Å². The van der Waals surface area contributed by atoms with Crippen LogP contribution in [0.25, 0.3) is 0 Å². The van der Waals surface area contributed by atoms with Crippen LogP contribution in [-0.2, 0) is 9.59 Å². The zero-order valence-corrected chi connectivity index (χ0v) is 13.0. The molecule has 122 valence electrons. The molecule has 0 bridgehead atoms.